The molecule has 0 radical (unpaired) electrons. The van der Waals surface area contributed by atoms with E-state index in [0.29, 0.717) is 32.1 Å². The lowest BCUT2D eigenvalue weighted by Crippen LogP contribution is -2.48. The Bertz CT molecular complexity index is 608. The van der Waals surface area contributed by atoms with Gasteiger partial charge in [0.15, 0.2) is 11.5 Å². The van der Waals surface area contributed by atoms with E-state index in [0.717, 1.165) is 30.6 Å². The van der Waals surface area contributed by atoms with E-state index in [1.165, 1.54) is 5.56 Å². The van der Waals surface area contributed by atoms with Crippen LogP contribution in [0.1, 0.15) is 30.9 Å². The van der Waals surface area contributed by atoms with Gasteiger partial charge in [-0.3, -0.25) is 0 Å². The van der Waals surface area contributed by atoms with Crippen molar-refractivity contribution in [1.29, 1.82) is 0 Å². The lowest BCUT2D eigenvalue weighted by molar-refractivity contribution is -0.0954. The maximum Gasteiger partial charge on any atom is 0.409 e. The van der Waals surface area contributed by atoms with Crippen LogP contribution in [0.25, 0.3) is 0 Å². The predicted octanol–water partition coefficient (Wildman–Crippen LogP) is 2.72. The third kappa shape index (κ3) is 2.90. The van der Waals surface area contributed by atoms with Crippen molar-refractivity contribution >= 4 is 6.09 Å². The lowest BCUT2D eigenvalue weighted by Gasteiger charge is -2.44. The standard InChI is InChI=1S/C18H25NO5/c1-4-23-17(20)19-8-6-18(7-9-19)14-12-16(22-3)15(21-2)11-13(14)5-10-24-18/h11-12H,4-10H2,1-3H3. The van der Waals surface area contributed by atoms with E-state index in [2.05, 4.69) is 6.07 Å². The summed E-state index contributed by atoms with van der Waals surface area (Å²) in [4.78, 5) is 13.7. The fraction of sp³-hybridized carbons (Fsp3) is 0.611. The summed E-state index contributed by atoms with van der Waals surface area (Å²) in [6.07, 6.45) is 2.14. The number of likely N-dealkylation sites (tertiary alicyclic amines) is 1. The highest BCUT2D eigenvalue weighted by Crippen LogP contribution is 2.45. The summed E-state index contributed by atoms with van der Waals surface area (Å²) < 4.78 is 22.2. The first-order chi connectivity index (χ1) is 11.6. The van der Waals surface area contributed by atoms with Gasteiger partial charge >= 0.3 is 6.09 Å². The first-order valence-corrected chi connectivity index (χ1v) is 8.44. The highest BCUT2D eigenvalue weighted by atomic mass is 16.6. The van der Waals surface area contributed by atoms with Gasteiger partial charge in [0.2, 0.25) is 0 Å². The molecule has 2 heterocycles. The molecule has 1 spiro atoms. The van der Waals surface area contributed by atoms with Gasteiger partial charge in [0.1, 0.15) is 0 Å². The molecule has 0 aliphatic carbocycles. The summed E-state index contributed by atoms with van der Waals surface area (Å²) in [5, 5.41) is 0. The summed E-state index contributed by atoms with van der Waals surface area (Å²) in [6, 6.07) is 4.09. The quantitative estimate of drug-likeness (QED) is 0.850. The smallest absolute Gasteiger partial charge is 0.409 e. The second kappa shape index (κ2) is 6.89. The zero-order valence-electron chi connectivity index (χ0n) is 14.6. The van der Waals surface area contributed by atoms with Gasteiger partial charge in [-0.2, -0.15) is 0 Å². The van der Waals surface area contributed by atoms with Crippen LogP contribution in [0.4, 0.5) is 4.79 Å². The third-order valence-corrected chi connectivity index (χ3v) is 4.95. The monoisotopic (exact) mass is 335 g/mol. The van der Waals surface area contributed by atoms with Gasteiger partial charge in [-0.15, -0.1) is 0 Å². The molecular formula is C18H25NO5. The number of methoxy groups -OCH3 is 2. The van der Waals surface area contributed by atoms with Gasteiger partial charge in [0.05, 0.1) is 33.0 Å². The summed E-state index contributed by atoms with van der Waals surface area (Å²) in [6.45, 7) is 4.17. The van der Waals surface area contributed by atoms with E-state index in [4.69, 9.17) is 18.9 Å². The van der Waals surface area contributed by atoms with E-state index >= 15 is 0 Å². The van der Waals surface area contributed by atoms with Gasteiger partial charge in [-0.25, -0.2) is 4.79 Å². The minimum absolute atomic E-state index is 0.240. The third-order valence-electron chi connectivity index (χ3n) is 4.95. The topological polar surface area (TPSA) is 57.2 Å². The fourth-order valence-corrected chi connectivity index (χ4v) is 3.67. The van der Waals surface area contributed by atoms with E-state index < -0.39 is 0 Å². The van der Waals surface area contributed by atoms with Crippen LogP contribution < -0.4 is 9.47 Å². The zero-order chi connectivity index (χ0) is 17.2. The molecule has 0 saturated carbocycles. The Kier molecular flexibility index (Phi) is 4.85. The number of benzene rings is 1. The molecule has 1 aromatic carbocycles. The molecule has 0 bridgehead atoms. The first kappa shape index (κ1) is 16.9. The molecule has 0 N–H and O–H groups in total. The number of carbonyl (C=O) groups excluding carboxylic acids is 1. The predicted molar refractivity (Wildman–Crippen MR) is 88.7 cm³/mol. The van der Waals surface area contributed by atoms with Gasteiger partial charge in [0.25, 0.3) is 0 Å². The Hall–Kier alpha value is -1.95. The molecule has 1 aromatic rings. The summed E-state index contributed by atoms with van der Waals surface area (Å²) in [7, 11) is 3.29. The summed E-state index contributed by atoms with van der Waals surface area (Å²) in [5.74, 6) is 1.46. The molecule has 24 heavy (non-hydrogen) atoms. The molecule has 132 valence electrons. The van der Waals surface area contributed by atoms with Crippen LogP contribution in [-0.4, -0.2) is 51.5 Å². The van der Waals surface area contributed by atoms with Crippen molar-refractivity contribution in [2.24, 2.45) is 0 Å². The van der Waals surface area contributed by atoms with Gasteiger partial charge in [-0.1, -0.05) is 0 Å². The normalized spacial score (nSPS) is 18.9. The lowest BCUT2D eigenvalue weighted by atomic mass is 9.79. The van der Waals surface area contributed by atoms with Gasteiger partial charge in [0, 0.05) is 13.1 Å². The Balaban J connectivity index is 1.86. The molecule has 0 unspecified atom stereocenters. The minimum Gasteiger partial charge on any atom is -0.493 e. The molecule has 6 nitrogen and oxygen atoms in total. The van der Waals surface area contributed by atoms with Crippen LogP contribution in [0.3, 0.4) is 0 Å². The molecule has 0 aromatic heterocycles. The largest absolute Gasteiger partial charge is 0.493 e. The number of rotatable bonds is 3. The number of amides is 1. The maximum atomic E-state index is 11.9. The second-order valence-corrected chi connectivity index (χ2v) is 6.14. The Morgan fingerprint density at radius 1 is 1.21 bits per heavy atom. The molecule has 1 amide bonds. The Labute approximate surface area is 142 Å². The van der Waals surface area contributed by atoms with Crippen molar-refractivity contribution in [3.05, 3.63) is 23.3 Å². The van der Waals surface area contributed by atoms with E-state index in [9.17, 15) is 4.79 Å². The SMILES string of the molecule is CCOC(=O)N1CCC2(CC1)OCCc1cc(OC)c(OC)cc12. The van der Waals surface area contributed by atoms with E-state index in [1.807, 2.05) is 13.0 Å². The molecular weight excluding hydrogens is 310 g/mol. The molecule has 0 atom stereocenters. The summed E-state index contributed by atoms with van der Waals surface area (Å²) in [5.41, 5.74) is 2.05. The number of fused-ring (bicyclic) bond motifs is 2. The van der Waals surface area contributed by atoms with Crippen LogP contribution in [0.5, 0.6) is 11.5 Å². The highest BCUT2D eigenvalue weighted by Gasteiger charge is 2.42. The highest BCUT2D eigenvalue weighted by molar-refractivity contribution is 5.67. The van der Waals surface area contributed by atoms with Crippen LogP contribution >= 0.6 is 0 Å². The number of hydrogen-bond donors (Lipinski definition) is 0. The van der Waals surface area contributed by atoms with Crippen molar-refractivity contribution in [1.82, 2.24) is 4.90 Å². The van der Waals surface area contributed by atoms with Crippen molar-refractivity contribution in [3.63, 3.8) is 0 Å². The number of piperidine rings is 1. The average molecular weight is 335 g/mol. The van der Waals surface area contributed by atoms with Crippen LogP contribution in [0.2, 0.25) is 0 Å². The van der Waals surface area contributed by atoms with Crippen molar-refractivity contribution < 1.29 is 23.7 Å². The fourth-order valence-electron chi connectivity index (χ4n) is 3.67. The molecule has 2 aliphatic rings. The van der Waals surface area contributed by atoms with Gasteiger partial charge < -0.3 is 23.8 Å². The number of carbonyl (C=O) groups is 1. The Morgan fingerprint density at radius 3 is 2.50 bits per heavy atom. The van der Waals surface area contributed by atoms with E-state index in [1.54, 1.807) is 19.1 Å². The second-order valence-electron chi connectivity index (χ2n) is 6.14. The molecule has 2 aliphatic heterocycles. The maximum absolute atomic E-state index is 11.9. The van der Waals surface area contributed by atoms with Crippen LogP contribution in [0, 0.1) is 0 Å². The van der Waals surface area contributed by atoms with Crippen LogP contribution in [0.15, 0.2) is 12.1 Å². The molecule has 6 heteroatoms. The van der Waals surface area contributed by atoms with Crippen molar-refractivity contribution in [3.8, 4) is 11.5 Å². The van der Waals surface area contributed by atoms with Crippen molar-refractivity contribution in [2.45, 2.75) is 31.8 Å². The zero-order valence-corrected chi connectivity index (χ0v) is 14.6. The molecule has 1 fully saturated rings. The minimum atomic E-state index is -0.351. The Morgan fingerprint density at radius 2 is 1.88 bits per heavy atom. The molecule has 1 saturated heterocycles. The summed E-state index contributed by atoms with van der Waals surface area (Å²) >= 11 is 0. The van der Waals surface area contributed by atoms with Gasteiger partial charge in [-0.05, 0) is 49.4 Å². The number of nitrogens with zero attached hydrogens (tertiary/aromatic N) is 1. The van der Waals surface area contributed by atoms with Crippen LogP contribution in [-0.2, 0) is 21.5 Å². The number of ether oxygens (including phenoxy) is 4. The van der Waals surface area contributed by atoms with Crippen molar-refractivity contribution in [2.75, 3.05) is 40.5 Å². The van der Waals surface area contributed by atoms with E-state index in [-0.39, 0.29) is 11.7 Å². The molecule has 3 rings (SSSR count). The first-order valence-electron chi connectivity index (χ1n) is 8.44. The average Bonchev–Trinajstić information content (AvgIpc) is 2.62. The number of hydrogen-bond acceptors (Lipinski definition) is 5.